The molecule has 21 heavy (non-hydrogen) atoms. The molecule has 0 saturated heterocycles. The minimum Gasteiger partial charge on any atom is -0.478 e. The molecule has 0 aliphatic carbocycles. The van der Waals surface area contributed by atoms with Crippen LogP contribution in [-0.2, 0) is 10.0 Å². The number of carbonyl (C=O) groups is 1. The van der Waals surface area contributed by atoms with Crippen molar-refractivity contribution in [1.82, 2.24) is 0 Å². The Morgan fingerprint density at radius 1 is 1.19 bits per heavy atom. The molecule has 0 saturated carbocycles. The summed E-state index contributed by atoms with van der Waals surface area (Å²) in [5, 5.41) is 9.16. The molecule has 0 amide bonds. The first kappa shape index (κ1) is 15.0. The lowest BCUT2D eigenvalue weighted by atomic mass is 10.1. The predicted octanol–water partition coefficient (Wildman–Crippen LogP) is 2.63. The number of aryl methyl sites for hydroxylation is 1. The third kappa shape index (κ3) is 3.19. The minimum absolute atomic E-state index is 0.0632. The van der Waals surface area contributed by atoms with Crippen LogP contribution in [0.25, 0.3) is 0 Å². The van der Waals surface area contributed by atoms with Gasteiger partial charge in [0.1, 0.15) is 5.82 Å². The van der Waals surface area contributed by atoms with Gasteiger partial charge in [-0.3, -0.25) is 4.72 Å². The average Bonchev–Trinajstić information content (AvgIpc) is 2.37. The van der Waals surface area contributed by atoms with Gasteiger partial charge in [0.15, 0.2) is 0 Å². The third-order valence-corrected chi connectivity index (χ3v) is 4.20. The van der Waals surface area contributed by atoms with Gasteiger partial charge in [0.05, 0.1) is 16.1 Å². The number of nitrogens with one attached hydrogen (secondary N) is 1. The smallest absolute Gasteiger partial charge is 0.338 e. The summed E-state index contributed by atoms with van der Waals surface area (Å²) < 4.78 is 39.6. The number of benzene rings is 2. The third-order valence-electron chi connectivity index (χ3n) is 2.84. The summed E-state index contributed by atoms with van der Waals surface area (Å²) in [6.07, 6.45) is 0. The summed E-state index contributed by atoms with van der Waals surface area (Å²) in [5.74, 6) is -1.94. The van der Waals surface area contributed by atoms with Crippen molar-refractivity contribution >= 4 is 21.7 Å². The zero-order valence-electron chi connectivity index (χ0n) is 11.0. The van der Waals surface area contributed by atoms with Crippen molar-refractivity contribution in [3.05, 3.63) is 59.4 Å². The first-order valence-electron chi connectivity index (χ1n) is 5.92. The van der Waals surface area contributed by atoms with Crippen molar-refractivity contribution in [1.29, 1.82) is 0 Å². The number of anilines is 1. The maximum Gasteiger partial charge on any atom is 0.338 e. The van der Waals surface area contributed by atoms with Gasteiger partial charge in [0, 0.05) is 0 Å². The van der Waals surface area contributed by atoms with E-state index in [0.717, 1.165) is 12.1 Å². The van der Waals surface area contributed by atoms with E-state index in [2.05, 4.69) is 4.72 Å². The summed E-state index contributed by atoms with van der Waals surface area (Å²) in [5.41, 5.74) is 0.214. The molecule has 0 aliphatic heterocycles. The average molecular weight is 309 g/mol. The van der Waals surface area contributed by atoms with Crippen LogP contribution in [0.4, 0.5) is 10.1 Å². The first-order valence-corrected chi connectivity index (χ1v) is 7.41. The van der Waals surface area contributed by atoms with Gasteiger partial charge in [-0.1, -0.05) is 18.2 Å². The van der Waals surface area contributed by atoms with Gasteiger partial charge in [-0.2, -0.15) is 0 Å². The van der Waals surface area contributed by atoms with Crippen LogP contribution in [0.5, 0.6) is 0 Å². The van der Waals surface area contributed by atoms with Crippen LogP contribution in [0, 0.1) is 12.7 Å². The lowest BCUT2D eigenvalue weighted by Gasteiger charge is -2.12. The second kappa shape index (κ2) is 5.53. The van der Waals surface area contributed by atoms with E-state index in [0.29, 0.717) is 5.56 Å². The van der Waals surface area contributed by atoms with E-state index in [4.69, 9.17) is 5.11 Å². The zero-order chi connectivity index (χ0) is 15.6. The molecule has 0 heterocycles. The van der Waals surface area contributed by atoms with E-state index < -0.39 is 21.8 Å². The fourth-order valence-electron chi connectivity index (χ4n) is 1.87. The first-order chi connectivity index (χ1) is 9.81. The molecular formula is C14H12FNO4S. The summed E-state index contributed by atoms with van der Waals surface area (Å²) >= 11 is 0. The van der Waals surface area contributed by atoms with Gasteiger partial charge in [-0.25, -0.2) is 17.6 Å². The molecule has 110 valence electrons. The Bertz CT molecular complexity index is 802. The fourth-order valence-corrected chi connectivity index (χ4v) is 2.98. The lowest BCUT2D eigenvalue weighted by Crippen LogP contribution is -2.16. The second-order valence-corrected chi connectivity index (χ2v) is 6.05. The van der Waals surface area contributed by atoms with Crippen LogP contribution in [-0.4, -0.2) is 19.5 Å². The Hall–Kier alpha value is -2.41. The van der Waals surface area contributed by atoms with E-state index in [9.17, 15) is 17.6 Å². The van der Waals surface area contributed by atoms with E-state index >= 15 is 0 Å². The van der Waals surface area contributed by atoms with Crippen LogP contribution >= 0.6 is 0 Å². The maximum absolute atomic E-state index is 13.1. The monoisotopic (exact) mass is 309 g/mol. The number of hydrogen-bond acceptors (Lipinski definition) is 3. The molecule has 0 bridgehead atoms. The highest BCUT2D eigenvalue weighted by Gasteiger charge is 2.20. The molecule has 2 N–H and O–H groups in total. The quantitative estimate of drug-likeness (QED) is 0.909. The fraction of sp³-hybridized carbons (Fsp3) is 0.0714. The summed E-state index contributed by atoms with van der Waals surface area (Å²) in [6.45, 7) is 1.56. The summed E-state index contributed by atoms with van der Waals surface area (Å²) in [7, 11) is -4.06. The highest BCUT2D eigenvalue weighted by molar-refractivity contribution is 7.92. The number of carboxylic acid groups (broad SMARTS) is 1. The molecule has 0 unspecified atom stereocenters. The van der Waals surface area contributed by atoms with E-state index in [1.807, 2.05) is 0 Å². The highest BCUT2D eigenvalue weighted by atomic mass is 32.2. The molecular weight excluding hydrogens is 297 g/mol. The summed E-state index contributed by atoms with van der Waals surface area (Å²) in [4.78, 5) is 10.9. The van der Waals surface area contributed by atoms with Crippen molar-refractivity contribution in [2.45, 2.75) is 11.8 Å². The second-order valence-electron chi connectivity index (χ2n) is 4.37. The molecule has 0 radical (unpaired) electrons. The Labute approximate surface area is 121 Å². The van der Waals surface area contributed by atoms with Gasteiger partial charge in [-0.05, 0) is 36.8 Å². The van der Waals surface area contributed by atoms with Crippen molar-refractivity contribution in [3.8, 4) is 0 Å². The normalized spacial score (nSPS) is 11.1. The van der Waals surface area contributed by atoms with Crippen LogP contribution in [0.3, 0.4) is 0 Å². The van der Waals surface area contributed by atoms with Crippen molar-refractivity contribution in [2.75, 3.05) is 4.72 Å². The lowest BCUT2D eigenvalue weighted by molar-refractivity contribution is 0.0697. The number of carboxylic acids is 1. The van der Waals surface area contributed by atoms with E-state index in [1.165, 1.54) is 24.3 Å². The van der Waals surface area contributed by atoms with Crippen LogP contribution in [0.1, 0.15) is 15.9 Å². The van der Waals surface area contributed by atoms with Gasteiger partial charge in [-0.15, -0.1) is 0 Å². The van der Waals surface area contributed by atoms with Gasteiger partial charge in [0.25, 0.3) is 10.0 Å². The van der Waals surface area contributed by atoms with Crippen molar-refractivity contribution in [2.24, 2.45) is 0 Å². The standard InChI is InChI=1S/C14H12FNO4S/c1-9-4-2-7-12(13(9)14(17)18)16-21(19,20)11-6-3-5-10(15)8-11/h2-8,16H,1H3,(H,17,18). The number of sulfonamides is 1. The SMILES string of the molecule is Cc1cccc(NS(=O)(=O)c2cccc(F)c2)c1C(=O)O. The van der Waals surface area contributed by atoms with Crippen molar-refractivity contribution < 1.29 is 22.7 Å². The van der Waals surface area contributed by atoms with Crippen LogP contribution in [0.2, 0.25) is 0 Å². The van der Waals surface area contributed by atoms with E-state index in [-0.39, 0.29) is 16.1 Å². The molecule has 7 heteroatoms. The molecule has 2 aromatic carbocycles. The van der Waals surface area contributed by atoms with Crippen molar-refractivity contribution in [3.63, 3.8) is 0 Å². The van der Waals surface area contributed by atoms with Gasteiger partial charge in [0.2, 0.25) is 0 Å². The number of aromatic carboxylic acids is 1. The van der Waals surface area contributed by atoms with E-state index in [1.54, 1.807) is 13.0 Å². The molecule has 0 aliphatic rings. The zero-order valence-corrected chi connectivity index (χ0v) is 11.8. The Morgan fingerprint density at radius 2 is 1.86 bits per heavy atom. The van der Waals surface area contributed by atoms with Crippen LogP contribution < -0.4 is 4.72 Å². The Morgan fingerprint density at radius 3 is 2.48 bits per heavy atom. The maximum atomic E-state index is 13.1. The molecule has 2 rings (SSSR count). The number of halogens is 1. The number of hydrogen-bond donors (Lipinski definition) is 2. The number of rotatable bonds is 4. The summed E-state index contributed by atoms with van der Waals surface area (Å²) in [6, 6.07) is 8.90. The molecule has 0 fully saturated rings. The Kier molecular flexibility index (Phi) is 3.95. The topological polar surface area (TPSA) is 83.5 Å². The molecule has 0 aromatic heterocycles. The molecule has 0 spiro atoms. The predicted molar refractivity (Wildman–Crippen MR) is 75.3 cm³/mol. The van der Waals surface area contributed by atoms with Crippen LogP contribution in [0.15, 0.2) is 47.4 Å². The molecule has 5 nitrogen and oxygen atoms in total. The largest absolute Gasteiger partial charge is 0.478 e. The minimum atomic E-state index is -4.06. The molecule has 0 atom stereocenters. The highest BCUT2D eigenvalue weighted by Crippen LogP contribution is 2.23. The van der Waals surface area contributed by atoms with Gasteiger partial charge >= 0.3 is 5.97 Å². The van der Waals surface area contributed by atoms with Gasteiger partial charge < -0.3 is 5.11 Å². The Balaban J connectivity index is 2.47. The molecule has 2 aromatic rings.